The van der Waals surface area contributed by atoms with Crippen molar-refractivity contribution in [3.8, 4) is 11.4 Å². The summed E-state index contributed by atoms with van der Waals surface area (Å²) in [7, 11) is 1.80. The molecule has 6 heteroatoms. The maximum Gasteiger partial charge on any atom is 0.132 e. The molecule has 2 aromatic heterocycles. The number of aromatic nitrogens is 4. The van der Waals surface area contributed by atoms with Gasteiger partial charge in [-0.25, -0.2) is 4.98 Å². The predicted octanol–water partition coefficient (Wildman–Crippen LogP) is 1.79. The molecular weight excluding hydrogens is 224 g/mol. The van der Waals surface area contributed by atoms with Gasteiger partial charge in [0.2, 0.25) is 0 Å². The van der Waals surface area contributed by atoms with Crippen molar-refractivity contribution >= 4 is 11.3 Å². The lowest BCUT2D eigenvalue weighted by Gasteiger charge is -2.03. The number of ether oxygens (including phenoxy) is 1. The third-order valence-corrected chi connectivity index (χ3v) is 3.53. The van der Waals surface area contributed by atoms with Gasteiger partial charge in [0.25, 0.3) is 0 Å². The van der Waals surface area contributed by atoms with Crippen LogP contribution in [-0.2, 0) is 11.8 Å². The Hall–Kier alpha value is -1.27. The number of hydrogen-bond donors (Lipinski definition) is 0. The Morgan fingerprint density at radius 2 is 2.44 bits per heavy atom. The Morgan fingerprint density at radius 3 is 3.12 bits per heavy atom. The summed E-state index contributed by atoms with van der Waals surface area (Å²) in [6, 6.07) is 0. The average Bonchev–Trinajstić information content (AvgIpc) is 2.97. The van der Waals surface area contributed by atoms with E-state index in [-0.39, 0.29) is 6.10 Å². The predicted molar refractivity (Wildman–Crippen MR) is 60.0 cm³/mol. The zero-order valence-corrected chi connectivity index (χ0v) is 9.78. The first-order valence-corrected chi connectivity index (χ1v) is 6.14. The second-order valence-electron chi connectivity index (χ2n) is 3.79. The van der Waals surface area contributed by atoms with E-state index < -0.39 is 0 Å². The molecule has 0 radical (unpaired) electrons. The van der Waals surface area contributed by atoms with Crippen molar-refractivity contribution in [3.05, 3.63) is 16.6 Å². The van der Waals surface area contributed by atoms with Crippen LogP contribution in [-0.4, -0.2) is 26.6 Å². The van der Waals surface area contributed by atoms with E-state index in [4.69, 9.17) is 4.74 Å². The Morgan fingerprint density at radius 1 is 1.50 bits per heavy atom. The molecule has 0 amide bonds. The Balaban J connectivity index is 1.87. The lowest BCUT2D eigenvalue weighted by Crippen LogP contribution is -1.95. The van der Waals surface area contributed by atoms with Gasteiger partial charge in [-0.1, -0.05) is 0 Å². The summed E-state index contributed by atoms with van der Waals surface area (Å²) < 4.78 is 5.60. The first-order valence-electron chi connectivity index (χ1n) is 5.26. The van der Waals surface area contributed by atoms with E-state index in [2.05, 4.69) is 15.2 Å². The van der Waals surface area contributed by atoms with Gasteiger partial charge in [-0.05, 0) is 12.8 Å². The third-order valence-electron chi connectivity index (χ3n) is 2.59. The molecule has 1 fully saturated rings. The van der Waals surface area contributed by atoms with E-state index in [0.29, 0.717) is 0 Å². The van der Waals surface area contributed by atoms with E-state index in [1.54, 1.807) is 29.4 Å². The van der Waals surface area contributed by atoms with E-state index in [9.17, 15) is 0 Å². The number of thiazole rings is 1. The van der Waals surface area contributed by atoms with Gasteiger partial charge in [-0.3, -0.25) is 0 Å². The quantitative estimate of drug-likeness (QED) is 0.797. The maximum absolute atomic E-state index is 5.60. The first kappa shape index (κ1) is 9.92. The van der Waals surface area contributed by atoms with Crippen molar-refractivity contribution in [2.75, 3.05) is 6.61 Å². The number of hydrogen-bond acceptors (Lipinski definition) is 5. The Labute approximate surface area is 97.1 Å². The fourth-order valence-corrected chi connectivity index (χ4v) is 2.68. The minimum absolute atomic E-state index is 0.190. The summed E-state index contributed by atoms with van der Waals surface area (Å²) in [4.78, 5) is 6.10. The SMILES string of the molecule is Cn1ncc(-c2csc(C3CCCO3)n2)n1. The highest BCUT2D eigenvalue weighted by atomic mass is 32.1. The van der Waals surface area contributed by atoms with Crippen LogP contribution in [0.25, 0.3) is 11.4 Å². The summed E-state index contributed by atoms with van der Waals surface area (Å²) in [6.07, 6.45) is 4.13. The average molecular weight is 236 g/mol. The third kappa shape index (κ3) is 1.74. The van der Waals surface area contributed by atoms with E-state index in [1.165, 1.54) is 0 Å². The largest absolute Gasteiger partial charge is 0.371 e. The molecule has 3 rings (SSSR count). The van der Waals surface area contributed by atoms with Crippen LogP contribution in [0, 0.1) is 0 Å². The Bertz CT molecular complexity index is 486. The minimum atomic E-state index is 0.190. The van der Waals surface area contributed by atoms with Gasteiger partial charge >= 0.3 is 0 Å². The zero-order valence-electron chi connectivity index (χ0n) is 8.96. The van der Waals surface area contributed by atoms with Crippen LogP contribution in [0.4, 0.5) is 0 Å². The van der Waals surface area contributed by atoms with Gasteiger partial charge in [-0.2, -0.15) is 15.0 Å². The second kappa shape index (κ2) is 3.95. The molecule has 3 heterocycles. The topological polar surface area (TPSA) is 52.8 Å². The van der Waals surface area contributed by atoms with Crippen LogP contribution in [0.3, 0.4) is 0 Å². The summed E-state index contributed by atoms with van der Waals surface area (Å²) in [5.41, 5.74) is 1.71. The molecule has 0 spiro atoms. The highest BCUT2D eigenvalue weighted by Crippen LogP contribution is 2.32. The molecule has 84 valence electrons. The molecular formula is C10H12N4OS. The van der Waals surface area contributed by atoms with Crippen LogP contribution < -0.4 is 0 Å². The summed E-state index contributed by atoms with van der Waals surface area (Å²) in [5.74, 6) is 0. The lowest BCUT2D eigenvalue weighted by molar-refractivity contribution is 0.112. The molecule has 1 atom stereocenters. The van der Waals surface area contributed by atoms with Crippen molar-refractivity contribution in [2.45, 2.75) is 18.9 Å². The van der Waals surface area contributed by atoms with Crippen molar-refractivity contribution < 1.29 is 4.74 Å². The van der Waals surface area contributed by atoms with Crippen LogP contribution in [0.15, 0.2) is 11.6 Å². The zero-order chi connectivity index (χ0) is 11.0. The van der Waals surface area contributed by atoms with Crippen LogP contribution in [0.2, 0.25) is 0 Å². The molecule has 0 aliphatic carbocycles. The van der Waals surface area contributed by atoms with Crippen molar-refractivity contribution in [1.82, 2.24) is 20.0 Å². The van der Waals surface area contributed by atoms with Crippen LogP contribution in [0.5, 0.6) is 0 Å². The fraction of sp³-hybridized carbons (Fsp3) is 0.500. The molecule has 0 saturated carbocycles. The van der Waals surface area contributed by atoms with Gasteiger partial charge < -0.3 is 4.74 Å². The van der Waals surface area contributed by atoms with Gasteiger partial charge in [0.15, 0.2) is 0 Å². The molecule has 1 aliphatic heterocycles. The van der Waals surface area contributed by atoms with E-state index in [0.717, 1.165) is 35.8 Å². The number of aryl methyl sites for hydroxylation is 1. The van der Waals surface area contributed by atoms with Gasteiger partial charge in [0.05, 0.1) is 6.20 Å². The smallest absolute Gasteiger partial charge is 0.132 e. The van der Waals surface area contributed by atoms with Crippen LogP contribution >= 0.6 is 11.3 Å². The van der Waals surface area contributed by atoms with Crippen molar-refractivity contribution in [1.29, 1.82) is 0 Å². The van der Waals surface area contributed by atoms with Crippen molar-refractivity contribution in [2.24, 2.45) is 7.05 Å². The standard InChI is InChI=1S/C10H12N4OS/c1-14-11-5-7(13-14)8-6-16-10(12-8)9-3-2-4-15-9/h5-6,9H,2-4H2,1H3. The van der Waals surface area contributed by atoms with Gasteiger partial charge in [-0.15, -0.1) is 11.3 Å². The maximum atomic E-state index is 5.60. The molecule has 1 aliphatic rings. The monoisotopic (exact) mass is 236 g/mol. The minimum Gasteiger partial charge on any atom is -0.371 e. The van der Waals surface area contributed by atoms with E-state index >= 15 is 0 Å². The normalized spacial score (nSPS) is 20.4. The summed E-state index contributed by atoms with van der Waals surface area (Å²) in [6.45, 7) is 0.852. The fourth-order valence-electron chi connectivity index (χ4n) is 1.79. The molecule has 5 nitrogen and oxygen atoms in total. The molecule has 1 unspecified atom stereocenters. The molecule has 2 aromatic rings. The first-order chi connectivity index (χ1) is 7.83. The molecule has 0 N–H and O–H groups in total. The lowest BCUT2D eigenvalue weighted by atomic mass is 10.2. The van der Waals surface area contributed by atoms with Gasteiger partial charge in [0, 0.05) is 19.0 Å². The van der Waals surface area contributed by atoms with Gasteiger partial charge in [0.1, 0.15) is 22.5 Å². The van der Waals surface area contributed by atoms with Crippen molar-refractivity contribution in [3.63, 3.8) is 0 Å². The van der Waals surface area contributed by atoms with E-state index in [1.807, 2.05) is 5.38 Å². The molecule has 1 saturated heterocycles. The molecule has 0 aromatic carbocycles. The van der Waals surface area contributed by atoms with Crippen LogP contribution in [0.1, 0.15) is 24.0 Å². The highest BCUT2D eigenvalue weighted by molar-refractivity contribution is 7.10. The Kier molecular flexibility index (Phi) is 2.45. The second-order valence-corrected chi connectivity index (χ2v) is 4.68. The molecule has 16 heavy (non-hydrogen) atoms. The summed E-state index contributed by atoms with van der Waals surface area (Å²) >= 11 is 1.64. The molecule has 0 bridgehead atoms. The number of nitrogens with zero attached hydrogens (tertiary/aromatic N) is 4. The number of rotatable bonds is 2. The highest BCUT2D eigenvalue weighted by Gasteiger charge is 2.21. The summed E-state index contributed by atoms with van der Waals surface area (Å²) in [5, 5.41) is 11.3.